The van der Waals surface area contributed by atoms with Gasteiger partial charge in [-0.3, -0.25) is 4.79 Å². The maximum atomic E-state index is 12.1. The summed E-state index contributed by atoms with van der Waals surface area (Å²) in [6.45, 7) is 6.95. The van der Waals surface area contributed by atoms with Gasteiger partial charge in [-0.1, -0.05) is 20.8 Å². The quantitative estimate of drug-likeness (QED) is 0.742. The SMILES string of the molecule is CC(C)CC(CNS(=O)(=O)N1CCC(C)CC1)C(=O)O. The molecule has 0 aliphatic carbocycles. The van der Waals surface area contributed by atoms with Crippen LogP contribution in [0.2, 0.25) is 0 Å². The third kappa shape index (κ3) is 5.38. The van der Waals surface area contributed by atoms with E-state index in [1.165, 1.54) is 4.31 Å². The molecule has 1 aliphatic rings. The van der Waals surface area contributed by atoms with Gasteiger partial charge in [0.1, 0.15) is 0 Å². The standard InChI is InChI=1S/C13H26N2O4S/c1-10(2)8-12(13(16)17)9-14-20(18,19)15-6-4-11(3)5-7-15/h10-12,14H,4-9H2,1-3H3,(H,16,17). The number of carboxylic acid groups (broad SMARTS) is 1. The Bertz CT molecular complexity index is 414. The zero-order chi connectivity index (χ0) is 15.3. The van der Waals surface area contributed by atoms with Crippen molar-refractivity contribution in [1.29, 1.82) is 0 Å². The van der Waals surface area contributed by atoms with Gasteiger partial charge in [-0.25, -0.2) is 4.72 Å². The van der Waals surface area contributed by atoms with Crippen LogP contribution in [-0.2, 0) is 15.0 Å². The predicted molar refractivity (Wildman–Crippen MR) is 77.5 cm³/mol. The van der Waals surface area contributed by atoms with Crippen LogP contribution in [-0.4, -0.2) is 43.4 Å². The van der Waals surface area contributed by atoms with Gasteiger partial charge >= 0.3 is 5.97 Å². The fourth-order valence-electron chi connectivity index (χ4n) is 2.36. The smallest absolute Gasteiger partial charge is 0.307 e. The Balaban J connectivity index is 2.55. The van der Waals surface area contributed by atoms with Crippen molar-refractivity contribution in [3.63, 3.8) is 0 Å². The number of aliphatic carboxylic acids is 1. The molecule has 20 heavy (non-hydrogen) atoms. The lowest BCUT2D eigenvalue weighted by Crippen LogP contribution is -2.46. The lowest BCUT2D eigenvalue weighted by molar-refractivity contribution is -0.142. The molecule has 1 heterocycles. The average Bonchev–Trinajstić information content (AvgIpc) is 2.34. The van der Waals surface area contributed by atoms with Crippen LogP contribution in [0, 0.1) is 17.8 Å². The van der Waals surface area contributed by atoms with Gasteiger partial charge in [0, 0.05) is 19.6 Å². The summed E-state index contributed by atoms with van der Waals surface area (Å²) in [6, 6.07) is 0. The molecule has 1 fully saturated rings. The Kier molecular flexibility index (Phi) is 6.42. The van der Waals surface area contributed by atoms with E-state index in [2.05, 4.69) is 11.6 Å². The number of carbonyl (C=O) groups is 1. The van der Waals surface area contributed by atoms with Crippen molar-refractivity contribution in [1.82, 2.24) is 9.03 Å². The number of hydrogen-bond acceptors (Lipinski definition) is 3. The number of rotatable bonds is 7. The van der Waals surface area contributed by atoms with Gasteiger partial charge in [0.05, 0.1) is 5.92 Å². The van der Waals surface area contributed by atoms with Crippen LogP contribution in [0.1, 0.15) is 40.0 Å². The van der Waals surface area contributed by atoms with Gasteiger partial charge in [-0.15, -0.1) is 0 Å². The van der Waals surface area contributed by atoms with E-state index in [1.54, 1.807) is 0 Å². The zero-order valence-electron chi connectivity index (χ0n) is 12.5. The van der Waals surface area contributed by atoms with E-state index in [4.69, 9.17) is 5.11 Å². The molecule has 0 aromatic heterocycles. The lowest BCUT2D eigenvalue weighted by Gasteiger charge is -2.29. The molecule has 118 valence electrons. The van der Waals surface area contributed by atoms with Crippen molar-refractivity contribution in [3.8, 4) is 0 Å². The van der Waals surface area contributed by atoms with Crippen molar-refractivity contribution >= 4 is 16.2 Å². The zero-order valence-corrected chi connectivity index (χ0v) is 13.3. The third-order valence-electron chi connectivity index (χ3n) is 3.70. The van der Waals surface area contributed by atoms with Crippen molar-refractivity contribution in [2.45, 2.75) is 40.0 Å². The van der Waals surface area contributed by atoms with Crippen LogP contribution in [0.5, 0.6) is 0 Å². The molecule has 0 saturated carbocycles. The Morgan fingerprint density at radius 3 is 2.35 bits per heavy atom. The van der Waals surface area contributed by atoms with Crippen LogP contribution >= 0.6 is 0 Å². The van der Waals surface area contributed by atoms with Crippen LogP contribution in [0.25, 0.3) is 0 Å². The summed E-state index contributed by atoms with van der Waals surface area (Å²) in [5.41, 5.74) is 0. The summed E-state index contributed by atoms with van der Waals surface area (Å²) in [5.74, 6) is -0.854. The van der Waals surface area contributed by atoms with E-state index in [0.29, 0.717) is 25.4 Å². The predicted octanol–water partition coefficient (Wildman–Crippen LogP) is 1.30. The summed E-state index contributed by atoms with van der Waals surface area (Å²) >= 11 is 0. The number of piperidine rings is 1. The fraction of sp³-hybridized carbons (Fsp3) is 0.923. The molecule has 1 aliphatic heterocycles. The van der Waals surface area contributed by atoms with E-state index < -0.39 is 22.1 Å². The first-order valence-corrected chi connectivity index (χ1v) is 8.64. The largest absolute Gasteiger partial charge is 0.481 e. The molecule has 7 heteroatoms. The number of nitrogens with one attached hydrogen (secondary N) is 1. The van der Waals surface area contributed by atoms with Crippen molar-refractivity contribution in [2.75, 3.05) is 19.6 Å². The van der Waals surface area contributed by atoms with Crippen molar-refractivity contribution < 1.29 is 18.3 Å². The normalized spacial score (nSPS) is 20.2. The molecule has 2 N–H and O–H groups in total. The van der Waals surface area contributed by atoms with E-state index in [0.717, 1.165) is 12.8 Å². The first kappa shape index (κ1) is 17.4. The second-order valence-corrected chi connectivity index (χ2v) is 7.85. The van der Waals surface area contributed by atoms with Crippen molar-refractivity contribution in [3.05, 3.63) is 0 Å². The summed E-state index contributed by atoms with van der Waals surface area (Å²) in [4.78, 5) is 11.1. The highest BCUT2D eigenvalue weighted by Crippen LogP contribution is 2.18. The molecule has 6 nitrogen and oxygen atoms in total. The van der Waals surface area contributed by atoms with E-state index in [9.17, 15) is 13.2 Å². The highest BCUT2D eigenvalue weighted by atomic mass is 32.2. The second-order valence-electron chi connectivity index (χ2n) is 6.10. The van der Waals surface area contributed by atoms with Crippen LogP contribution < -0.4 is 4.72 Å². The topological polar surface area (TPSA) is 86.7 Å². The van der Waals surface area contributed by atoms with Gasteiger partial charge in [0.2, 0.25) is 0 Å². The molecule has 1 saturated heterocycles. The van der Waals surface area contributed by atoms with E-state index in [1.807, 2.05) is 13.8 Å². The van der Waals surface area contributed by atoms with Crippen LogP contribution in [0.4, 0.5) is 0 Å². The van der Waals surface area contributed by atoms with Gasteiger partial charge in [-0.2, -0.15) is 12.7 Å². The molecular weight excluding hydrogens is 280 g/mol. The molecule has 0 aromatic rings. The second kappa shape index (κ2) is 7.38. The highest BCUT2D eigenvalue weighted by Gasteiger charge is 2.28. The lowest BCUT2D eigenvalue weighted by atomic mass is 9.98. The number of carboxylic acids is 1. The molecule has 0 bridgehead atoms. The van der Waals surface area contributed by atoms with Gasteiger partial charge in [0.25, 0.3) is 10.2 Å². The number of nitrogens with zero attached hydrogens (tertiary/aromatic N) is 1. The Labute approximate surface area is 121 Å². The van der Waals surface area contributed by atoms with E-state index >= 15 is 0 Å². The molecule has 0 aromatic carbocycles. The van der Waals surface area contributed by atoms with Crippen LogP contribution in [0.3, 0.4) is 0 Å². The Morgan fingerprint density at radius 1 is 1.35 bits per heavy atom. The minimum absolute atomic E-state index is 0.0398. The summed E-state index contributed by atoms with van der Waals surface area (Å²) in [5, 5.41) is 9.12. The summed E-state index contributed by atoms with van der Waals surface area (Å²) in [6.07, 6.45) is 2.18. The fourth-order valence-corrected chi connectivity index (χ4v) is 3.65. The maximum absolute atomic E-state index is 12.1. The summed E-state index contributed by atoms with van der Waals surface area (Å²) in [7, 11) is -3.55. The molecule has 1 atom stereocenters. The minimum Gasteiger partial charge on any atom is -0.481 e. The molecule has 1 rings (SSSR count). The first-order valence-electron chi connectivity index (χ1n) is 7.20. The maximum Gasteiger partial charge on any atom is 0.307 e. The van der Waals surface area contributed by atoms with Gasteiger partial charge in [0.15, 0.2) is 0 Å². The van der Waals surface area contributed by atoms with E-state index in [-0.39, 0.29) is 12.5 Å². The number of hydrogen-bond donors (Lipinski definition) is 2. The Hall–Kier alpha value is -0.660. The minimum atomic E-state index is -3.55. The van der Waals surface area contributed by atoms with Crippen molar-refractivity contribution in [2.24, 2.45) is 17.8 Å². The van der Waals surface area contributed by atoms with Crippen LogP contribution in [0.15, 0.2) is 0 Å². The molecule has 0 spiro atoms. The monoisotopic (exact) mass is 306 g/mol. The summed E-state index contributed by atoms with van der Waals surface area (Å²) < 4.78 is 28.1. The molecular formula is C13H26N2O4S. The Morgan fingerprint density at radius 2 is 1.90 bits per heavy atom. The molecule has 0 amide bonds. The average molecular weight is 306 g/mol. The highest BCUT2D eigenvalue weighted by molar-refractivity contribution is 7.87. The molecule has 1 unspecified atom stereocenters. The molecule has 0 radical (unpaired) electrons. The van der Waals surface area contributed by atoms with Gasteiger partial charge in [-0.05, 0) is 31.1 Å². The van der Waals surface area contributed by atoms with Gasteiger partial charge < -0.3 is 5.11 Å². The first-order chi connectivity index (χ1) is 9.22. The third-order valence-corrected chi connectivity index (χ3v) is 5.28.